The molecule has 0 unspecified atom stereocenters. The average molecular weight is 338 g/mol. The highest BCUT2D eigenvalue weighted by atomic mass is 16.5. The predicted octanol–water partition coefficient (Wildman–Crippen LogP) is 1.47. The van der Waals surface area contributed by atoms with Crippen molar-refractivity contribution in [3.8, 4) is 6.07 Å². The lowest BCUT2D eigenvalue weighted by atomic mass is 9.87. The van der Waals surface area contributed by atoms with Crippen LogP contribution in [0.3, 0.4) is 0 Å². The lowest BCUT2D eigenvalue weighted by Gasteiger charge is -2.32. The zero-order chi connectivity index (χ0) is 17.9. The fourth-order valence-electron chi connectivity index (χ4n) is 3.31. The van der Waals surface area contributed by atoms with E-state index in [1.54, 1.807) is 0 Å². The van der Waals surface area contributed by atoms with Crippen molar-refractivity contribution in [3.63, 3.8) is 0 Å². The minimum Gasteiger partial charge on any atom is -0.370 e. The van der Waals surface area contributed by atoms with Crippen LogP contribution in [-0.4, -0.2) is 18.7 Å². The number of fused-ring (bicyclic) bond motifs is 1. The van der Waals surface area contributed by atoms with Gasteiger partial charge in [-0.3, -0.25) is 5.32 Å². The number of pyridine rings is 1. The molecule has 1 aliphatic rings. The van der Waals surface area contributed by atoms with Crippen LogP contribution in [0.4, 0.5) is 5.82 Å². The summed E-state index contributed by atoms with van der Waals surface area (Å²) in [6.45, 7) is 6.18. The third-order valence-corrected chi connectivity index (χ3v) is 4.58. The molecule has 0 saturated carbocycles. The average Bonchev–Trinajstić information content (AvgIpc) is 2.59. The highest BCUT2D eigenvalue weighted by Gasteiger charge is 2.33. The Labute approximate surface area is 148 Å². The number of benzene rings is 1. The molecule has 0 amide bonds. The molecule has 1 aliphatic heterocycles. The first kappa shape index (κ1) is 17.4. The van der Waals surface area contributed by atoms with Crippen molar-refractivity contribution in [2.24, 2.45) is 0 Å². The summed E-state index contributed by atoms with van der Waals surface area (Å²) in [5.41, 5.74) is 8.91. The first-order valence-electron chi connectivity index (χ1n) is 8.75. The number of aromatic amines is 1. The molecule has 5 heteroatoms. The van der Waals surface area contributed by atoms with Crippen LogP contribution in [0.25, 0.3) is 0 Å². The number of nitrogens with one attached hydrogen (secondary N) is 2. The molecule has 3 rings (SSSR count). The van der Waals surface area contributed by atoms with E-state index < -0.39 is 0 Å². The molecule has 0 fully saturated rings. The molecule has 0 bridgehead atoms. The molecule has 25 heavy (non-hydrogen) atoms. The van der Waals surface area contributed by atoms with Crippen molar-refractivity contribution in [3.05, 3.63) is 58.3 Å². The van der Waals surface area contributed by atoms with Gasteiger partial charge in [0.05, 0.1) is 12.2 Å². The topological polar surface area (TPSA) is 86.8 Å². The Morgan fingerprint density at radius 1 is 1.28 bits per heavy atom. The van der Waals surface area contributed by atoms with Gasteiger partial charge in [-0.05, 0) is 25.0 Å². The number of quaternary nitrogens is 1. The van der Waals surface area contributed by atoms with Crippen LogP contribution in [0.15, 0.2) is 30.3 Å². The zero-order valence-corrected chi connectivity index (χ0v) is 15.0. The zero-order valence-electron chi connectivity index (χ0n) is 15.0. The maximum Gasteiger partial charge on any atom is 0.291 e. The Hall–Kier alpha value is -2.42. The van der Waals surface area contributed by atoms with Crippen molar-refractivity contribution in [2.45, 2.75) is 38.9 Å². The number of nitriles is 1. The van der Waals surface area contributed by atoms with Crippen LogP contribution in [0, 0.1) is 11.3 Å². The number of aromatic nitrogens is 1. The van der Waals surface area contributed by atoms with Crippen LogP contribution in [-0.2, 0) is 24.2 Å². The number of anilines is 1. The summed E-state index contributed by atoms with van der Waals surface area (Å²) in [6.07, 6.45) is 1.53. The Bertz CT molecular complexity index is 794. The Balaban J connectivity index is 2.09. The summed E-state index contributed by atoms with van der Waals surface area (Å²) in [6, 6.07) is 12.8. The fraction of sp³-hybridized carbons (Fsp3) is 0.400. The Kier molecular flexibility index (Phi) is 5.03. The highest BCUT2D eigenvalue weighted by Crippen LogP contribution is 2.33. The molecule has 130 valence electrons. The molecule has 0 radical (unpaired) electrons. The van der Waals surface area contributed by atoms with Crippen LogP contribution >= 0.6 is 0 Å². The molecular weight excluding hydrogens is 312 g/mol. The van der Waals surface area contributed by atoms with Gasteiger partial charge in [0, 0.05) is 18.4 Å². The second-order valence-electron chi connectivity index (χ2n) is 7.09. The van der Waals surface area contributed by atoms with Gasteiger partial charge in [0.2, 0.25) is 0 Å². The number of ether oxygens (including phenoxy) is 1. The molecule has 2 aromatic rings. The van der Waals surface area contributed by atoms with Gasteiger partial charge in [-0.2, -0.15) is 5.26 Å². The van der Waals surface area contributed by atoms with Crippen LogP contribution < -0.4 is 16.0 Å². The monoisotopic (exact) mass is 338 g/mol. The summed E-state index contributed by atoms with van der Waals surface area (Å²) < 4.78 is 6.03. The number of H-pyrrole nitrogens is 1. The van der Waals surface area contributed by atoms with Crippen molar-refractivity contribution in [1.29, 1.82) is 5.26 Å². The molecular formula is C20H26N4O+2. The van der Waals surface area contributed by atoms with Crippen LogP contribution in [0.2, 0.25) is 0 Å². The third-order valence-electron chi connectivity index (χ3n) is 4.58. The van der Waals surface area contributed by atoms with Crippen LogP contribution in [0.5, 0.6) is 0 Å². The van der Waals surface area contributed by atoms with E-state index in [1.807, 2.05) is 18.2 Å². The van der Waals surface area contributed by atoms with E-state index in [2.05, 4.69) is 48.1 Å². The first-order chi connectivity index (χ1) is 12.0. The minimum absolute atomic E-state index is 0.256. The van der Waals surface area contributed by atoms with Crippen molar-refractivity contribution in [1.82, 2.24) is 0 Å². The molecule has 5 nitrogen and oxygen atoms in total. The number of hydrogen-bond donors (Lipinski definition) is 2. The lowest BCUT2D eigenvalue weighted by Crippen LogP contribution is -2.53. The maximum atomic E-state index is 9.76. The molecule has 0 spiro atoms. The fourth-order valence-corrected chi connectivity index (χ4v) is 3.31. The van der Waals surface area contributed by atoms with Gasteiger partial charge in [0.1, 0.15) is 30.4 Å². The number of rotatable bonds is 5. The molecule has 0 saturated heterocycles. The van der Waals surface area contributed by atoms with E-state index in [1.165, 1.54) is 5.56 Å². The SMILES string of the molecule is CC1(C)Cc2c(C#N)c(NCC[NH3+])[nH+]c(Cc3ccccc3)c2CO1. The van der Waals surface area contributed by atoms with Crippen LogP contribution in [0.1, 0.15) is 41.8 Å². The van der Waals surface area contributed by atoms with Crippen molar-refractivity contribution in [2.75, 3.05) is 18.4 Å². The molecule has 0 aliphatic carbocycles. The van der Waals surface area contributed by atoms with Gasteiger partial charge in [-0.1, -0.05) is 30.3 Å². The molecule has 0 atom stereocenters. The Morgan fingerprint density at radius 2 is 2.04 bits per heavy atom. The standard InChI is InChI=1S/C20H24N4O/c1-20(2)11-15-16(12-22)19(23-9-8-21)24-18(17(15)13-25-20)10-14-6-4-3-5-7-14/h3-7H,8-11,13,21H2,1-2H3,(H,23,24)/p+2. The summed E-state index contributed by atoms with van der Waals surface area (Å²) >= 11 is 0. The van der Waals surface area contributed by atoms with Gasteiger partial charge < -0.3 is 10.5 Å². The van der Waals surface area contributed by atoms with E-state index in [0.717, 1.165) is 48.6 Å². The summed E-state index contributed by atoms with van der Waals surface area (Å²) in [5.74, 6) is 0.800. The van der Waals surface area contributed by atoms with E-state index in [0.29, 0.717) is 12.2 Å². The smallest absolute Gasteiger partial charge is 0.291 e. The predicted molar refractivity (Wildman–Crippen MR) is 95.8 cm³/mol. The van der Waals surface area contributed by atoms with Gasteiger partial charge in [-0.15, -0.1) is 0 Å². The quantitative estimate of drug-likeness (QED) is 0.865. The van der Waals surface area contributed by atoms with Gasteiger partial charge >= 0.3 is 0 Å². The molecule has 1 aromatic carbocycles. The lowest BCUT2D eigenvalue weighted by molar-refractivity contribution is -0.378. The second-order valence-corrected chi connectivity index (χ2v) is 7.09. The van der Waals surface area contributed by atoms with Gasteiger partial charge in [0.15, 0.2) is 0 Å². The highest BCUT2D eigenvalue weighted by molar-refractivity contribution is 5.57. The summed E-state index contributed by atoms with van der Waals surface area (Å²) in [4.78, 5) is 3.46. The summed E-state index contributed by atoms with van der Waals surface area (Å²) in [5, 5.41) is 13.1. The van der Waals surface area contributed by atoms with Gasteiger partial charge in [0.25, 0.3) is 5.82 Å². The number of nitrogens with zero attached hydrogens (tertiary/aromatic N) is 1. The number of hydrogen-bond acceptors (Lipinski definition) is 3. The molecule has 1 aromatic heterocycles. The second kappa shape index (κ2) is 7.22. The van der Waals surface area contributed by atoms with Crippen molar-refractivity contribution < 1.29 is 15.5 Å². The summed E-state index contributed by atoms with van der Waals surface area (Å²) in [7, 11) is 0. The molecule has 5 N–H and O–H groups in total. The largest absolute Gasteiger partial charge is 0.370 e. The molecule has 2 heterocycles. The Morgan fingerprint density at radius 3 is 2.72 bits per heavy atom. The van der Waals surface area contributed by atoms with E-state index >= 15 is 0 Å². The van der Waals surface area contributed by atoms with Crippen molar-refractivity contribution >= 4 is 5.82 Å². The first-order valence-corrected chi connectivity index (χ1v) is 8.75. The minimum atomic E-state index is -0.256. The van der Waals surface area contributed by atoms with E-state index in [-0.39, 0.29) is 5.60 Å². The third kappa shape index (κ3) is 3.81. The van der Waals surface area contributed by atoms with E-state index in [9.17, 15) is 5.26 Å². The van der Waals surface area contributed by atoms with E-state index in [4.69, 9.17) is 4.74 Å². The normalized spacial score (nSPS) is 15.3. The van der Waals surface area contributed by atoms with Gasteiger partial charge in [-0.25, -0.2) is 4.98 Å². The maximum absolute atomic E-state index is 9.76.